The number of hydrogen-bond acceptors (Lipinski definition) is 2. The van der Waals surface area contributed by atoms with Gasteiger partial charge in [0.25, 0.3) is 0 Å². The van der Waals surface area contributed by atoms with E-state index in [1.54, 1.807) is 12.5 Å². The summed E-state index contributed by atoms with van der Waals surface area (Å²) in [5, 5.41) is 10.2. The molecule has 1 unspecified atom stereocenters. The van der Waals surface area contributed by atoms with Gasteiger partial charge in [0.1, 0.15) is 0 Å². The van der Waals surface area contributed by atoms with Crippen LogP contribution in [0.5, 0.6) is 0 Å². The molecular weight excluding hydrogens is 260 g/mol. The molecule has 1 atom stereocenters. The molecule has 0 bridgehead atoms. The molecule has 1 heterocycles. The van der Waals surface area contributed by atoms with Crippen molar-refractivity contribution >= 4 is 0 Å². The average Bonchev–Trinajstić information content (AvgIpc) is 3.02. The molecule has 0 fully saturated rings. The first-order valence-corrected chi connectivity index (χ1v) is 7.08. The molecule has 106 valence electrons. The van der Waals surface area contributed by atoms with Gasteiger partial charge in [0.2, 0.25) is 0 Å². The number of nitrogens with zero attached hydrogens (tertiary/aromatic N) is 2. The van der Waals surface area contributed by atoms with Gasteiger partial charge in [0, 0.05) is 12.4 Å². The Morgan fingerprint density at radius 1 is 0.952 bits per heavy atom. The van der Waals surface area contributed by atoms with E-state index in [-0.39, 0.29) is 0 Å². The van der Waals surface area contributed by atoms with Crippen LogP contribution < -0.4 is 0 Å². The number of aliphatic hydroxyl groups excluding tert-OH is 1. The van der Waals surface area contributed by atoms with Gasteiger partial charge in [-0.05, 0) is 23.1 Å². The summed E-state index contributed by atoms with van der Waals surface area (Å²) in [6.07, 6.45) is 5.69. The number of aliphatic hydroxyl groups is 1. The Morgan fingerprint density at radius 3 is 2.33 bits per heavy atom. The third-order valence-electron chi connectivity index (χ3n) is 3.56. The Bertz CT molecular complexity index is 660. The van der Waals surface area contributed by atoms with E-state index in [0.29, 0.717) is 6.54 Å². The summed E-state index contributed by atoms with van der Waals surface area (Å²) in [5.41, 5.74) is 3.48. The highest BCUT2D eigenvalue weighted by molar-refractivity contribution is 5.29. The Kier molecular flexibility index (Phi) is 4.12. The maximum atomic E-state index is 10.2. The molecule has 3 heteroatoms. The highest BCUT2D eigenvalue weighted by Gasteiger charge is 2.08. The molecule has 0 amide bonds. The fourth-order valence-electron chi connectivity index (χ4n) is 2.39. The van der Waals surface area contributed by atoms with Crippen LogP contribution in [0.4, 0.5) is 0 Å². The molecule has 0 saturated carbocycles. The van der Waals surface area contributed by atoms with Crippen LogP contribution in [0.15, 0.2) is 73.3 Å². The lowest BCUT2D eigenvalue weighted by Crippen LogP contribution is -2.07. The smallest absolute Gasteiger partial charge is 0.0969 e. The maximum Gasteiger partial charge on any atom is 0.0969 e. The van der Waals surface area contributed by atoms with Crippen LogP contribution in [0.2, 0.25) is 0 Å². The summed E-state index contributed by atoms with van der Waals surface area (Å²) in [6, 6.07) is 18.6. The zero-order chi connectivity index (χ0) is 14.5. The van der Waals surface area contributed by atoms with E-state index in [2.05, 4.69) is 41.4 Å². The molecule has 1 aromatic heterocycles. The largest absolute Gasteiger partial charge is 0.387 e. The van der Waals surface area contributed by atoms with Crippen LogP contribution in [-0.4, -0.2) is 14.7 Å². The fourth-order valence-corrected chi connectivity index (χ4v) is 2.39. The number of imidazole rings is 1. The van der Waals surface area contributed by atoms with Gasteiger partial charge in [-0.15, -0.1) is 0 Å². The quantitative estimate of drug-likeness (QED) is 0.778. The van der Waals surface area contributed by atoms with E-state index >= 15 is 0 Å². The average molecular weight is 278 g/mol. The molecule has 0 spiro atoms. The van der Waals surface area contributed by atoms with Crippen LogP contribution in [-0.2, 0) is 13.0 Å². The third-order valence-corrected chi connectivity index (χ3v) is 3.56. The number of aromatic nitrogens is 2. The Labute approximate surface area is 124 Å². The van der Waals surface area contributed by atoms with Gasteiger partial charge in [-0.25, -0.2) is 4.98 Å². The summed E-state index contributed by atoms with van der Waals surface area (Å²) >= 11 is 0. The minimum atomic E-state index is -0.509. The highest BCUT2D eigenvalue weighted by Crippen LogP contribution is 2.17. The predicted octanol–water partition coefficient (Wildman–Crippen LogP) is 3.21. The van der Waals surface area contributed by atoms with Gasteiger partial charge in [-0.1, -0.05) is 54.6 Å². The van der Waals surface area contributed by atoms with Gasteiger partial charge in [-0.2, -0.15) is 0 Å². The van der Waals surface area contributed by atoms with Crippen LogP contribution in [0.1, 0.15) is 22.8 Å². The molecule has 21 heavy (non-hydrogen) atoms. The minimum absolute atomic E-state index is 0.509. The first-order valence-electron chi connectivity index (χ1n) is 7.08. The van der Waals surface area contributed by atoms with Gasteiger partial charge < -0.3 is 9.67 Å². The molecule has 3 rings (SSSR count). The van der Waals surface area contributed by atoms with Crippen molar-refractivity contribution in [1.29, 1.82) is 0 Å². The second-order valence-corrected chi connectivity index (χ2v) is 5.18. The van der Waals surface area contributed by atoms with E-state index in [1.165, 1.54) is 11.1 Å². The first-order chi connectivity index (χ1) is 10.3. The topological polar surface area (TPSA) is 38.0 Å². The third kappa shape index (κ3) is 3.58. The molecule has 2 aromatic carbocycles. The van der Waals surface area contributed by atoms with Crippen molar-refractivity contribution in [3.63, 3.8) is 0 Å². The molecule has 0 aliphatic rings. The van der Waals surface area contributed by atoms with E-state index < -0.39 is 6.10 Å². The van der Waals surface area contributed by atoms with Gasteiger partial charge in [-0.3, -0.25) is 0 Å². The van der Waals surface area contributed by atoms with Gasteiger partial charge >= 0.3 is 0 Å². The van der Waals surface area contributed by atoms with Crippen molar-refractivity contribution in [2.75, 3.05) is 0 Å². The van der Waals surface area contributed by atoms with Crippen molar-refractivity contribution < 1.29 is 5.11 Å². The molecule has 0 aliphatic heterocycles. The van der Waals surface area contributed by atoms with Crippen LogP contribution >= 0.6 is 0 Å². The lowest BCUT2D eigenvalue weighted by atomic mass is 10.0. The van der Waals surface area contributed by atoms with Crippen molar-refractivity contribution in [2.24, 2.45) is 0 Å². The lowest BCUT2D eigenvalue weighted by molar-refractivity contribution is 0.156. The van der Waals surface area contributed by atoms with Gasteiger partial charge in [0.05, 0.1) is 19.0 Å². The summed E-state index contributed by atoms with van der Waals surface area (Å²) in [5.74, 6) is 0. The molecule has 0 radical (unpaired) electrons. The van der Waals surface area contributed by atoms with Crippen LogP contribution in [0.25, 0.3) is 0 Å². The maximum absolute atomic E-state index is 10.2. The van der Waals surface area contributed by atoms with Crippen molar-refractivity contribution in [3.05, 3.63) is 90.0 Å². The number of rotatable bonds is 5. The summed E-state index contributed by atoms with van der Waals surface area (Å²) < 4.78 is 1.88. The molecule has 3 aromatic rings. The Hall–Kier alpha value is -2.39. The van der Waals surface area contributed by atoms with Gasteiger partial charge in [0.15, 0.2) is 0 Å². The van der Waals surface area contributed by atoms with E-state index in [0.717, 1.165) is 12.0 Å². The van der Waals surface area contributed by atoms with Crippen LogP contribution in [0, 0.1) is 0 Å². The molecule has 0 aliphatic carbocycles. The highest BCUT2D eigenvalue weighted by atomic mass is 16.3. The van der Waals surface area contributed by atoms with E-state index in [4.69, 9.17) is 0 Å². The predicted molar refractivity (Wildman–Crippen MR) is 82.9 cm³/mol. The Balaban J connectivity index is 1.66. The molecule has 1 N–H and O–H groups in total. The molecule has 3 nitrogen and oxygen atoms in total. The zero-order valence-corrected chi connectivity index (χ0v) is 11.8. The van der Waals surface area contributed by atoms with Crippen molar-refractivity contribution in [2.45, 2.75) is 19.1 Å². The lowest BCUT2D eigenvalue weighted by Gasteiger charge is -2.12. The number of hydrogen-bond donors (Lipinski definition) is 1. The Morgan fingerprint density at radius 2 is 1.67 bits per heavy atom. The second kappa shape index (κ2) is 6.37. The molecule has 0 saturated heterocycles. The standard InChI is InChI=1S/C18H18N2O/c21-18(13-20-11-10-19-14-20)17-8-6-16(7-9-17)12-15-4-2-1-3-5-15/h1-11,14,18,21H,12-13H2. The fraction of sp³-hybridized carbons (Fsp3) is 0.167. The van der Waals surface area contributed by atoms with Crippen molar-refractivity contribution in [3.8, 4) is 0 Å². The molecular formula is C18H18N2O. The summed E-state index contributed by atoms with van der Waals surface area (Å²) in [4.78, 5) is 3.98. The first kappa shape index (κ1) is 13.6. The summed E-state index contributed by atoms with van der Waals surface area (Å²) in [6.45, 7) is 0.526. The second-order valence-electron chi connectivity index (χ2n) is 5.18. The van der Waals surface area contributed by atoms with Crippen molar-refractivity contribution in [1.82, 2.24) is 9.55 Å². The SMILES string of the molecule is OC(Cn1ccnc1)c1ccc(Cc2ccccc2)cc1. The number of benzene rings is 2. The minimum Gasteiger partial charge on any atom is -0.387 e. The van der Waals surface area contributed by atoms with E-state index in [1.807, 2.05) is 29.0 Å². The summed E-state index contributed by atoms with van der Waals surface area (Å²) in [7, 11) is 0. The zero-order valence-electron chi connectivity index (χ0n) is 11.8. The normalized spacial score (nSPS) is 12.2. The monoisotopic (exact) mass is 278 g/mol. The van der Waals surface area contributed by atoms with E-state index in [9.17, 15) is 5.11 Å². The van der Waals surface area contributed by atoms with Crippen LogP contribution in [0.3, 0.4) is 0 Å².